The van der Waals surface area contributed by atoms with Crippen LogP contribution in [-0.2, 0) is 19.7 Å². The summed E-state index contributed by atoms with van der Waals surface area (Å²) in [7, 11) is 0. The lowest BCUT2D eigenvalue weighted by Gasteiger charge is -2.60. The summed E-state index contributed by atoms with van der Waals surface area (Å²) in [5, 5.41) is 0. The molecule has 4 aliphatic rings. The number of hydrogen-bond donors (Lipinski definition) is 0. The second-order valence-corrected chi connectivity index (χ2v) is 8.81. The molecule has 1 aromatic rings. The first-order valence-corrected chi connectivity index (χ1v) is 9.32. The highest BCUT2D eigenvalue weighted by Crippen LogP contribution is 2.63. The summed E-state index contributed by atoms with van der Waals surface area (Å²) in [5.74, 6) is -4.19. The van der Waals surface area contributed by atoms with Crippen molar-refractivity contribution in [3.05, 3.63) is 35.4 Å². The first-order chi connectivity index (χ1) is 12.1. The number of halogens is 2. The number of benzene rings is 1. The summed E-state index contributed by atoms with van der Waals surface area (Å²) in [6, 6.07) is 8.09. The number of hydrogen-bond acceptors (Lipinski definition) is 3. The molecule has 0 spiro atoms. The molecule has 140 valence electrons. The fourth-order valence-electron chi connectivity index (χ4n) is 5.84. The highest BCUT2D eigenvalue weighted by molar-refractivity contribution is 5.97. The van der Waals surface area contributed by atoms with Crippen LogP contribution in [-0.4, -0.2) is 24.3 Å². The maximum Gasteiger partial charge on any atom is 0.376 e. The number of carbonyl (C=O) groups is 2. The van der Waals surface area contributed by atoms with Crippen molar-refractivity contribution in [2.24, 2.45) is 17.3 Å². The number of Topliss-reactive ketones (excluding diaryl/α,β-unsaturated/α-hetero) is 1. The zero-order valence-corrected chi connectivity index (χ0v) is 15.2. The van der Waals surface area contributed by atoms with Gasteiger partial charge in [-0.05, 0) is 56.4 Å². The van der Waals surface area contributed by atoms with Crippen LogP contribution in [0.5, 0.6) is 0 Å². The minimum absolute atomic E-state index is 0.0910. The van der Waals surface area contributed by atoms with Gasteiger partial charge in [0.2, 0.25) is 0 Å². The predicted molar refractivity (Wildman–Crippen MR) is 91.9 cm³/mol. The number of rotatable bonds is 4. The average Bonchev–Trinajstić information content (AvgIpc) is 2.56. The Hall–Kier alpha value is -1.78. The Kier molecular flexibility index (Phi) is 3.80. The van der Waals surface area contributed by atoms with E-state index in [4.69, 9.17) is 4.74 Å². The van der Waals surface area contributed by atoms with Gasteiger partial charge in [0.1, 0.15) is 6.61 Å². The zero-order valence-electron chi connectivity index (χ0n) is 15.2. The molecule has 5 heteroatoms. The third-order valence-corrected chi connectivity index (χ3v) is 6.66. The molecule has 0 radical (unpaired) electrons. The first kappa shape index (κ1) is 17.6. The second-order valence-electron chi connectivity index (χ2n) is 8.81. The van der Waals surface area contributed by atoms with Crippen molar-refractivity contribution in [1.29, 1.82) is 0 Å². The van der Waals surface area contributed by atoms with Crippen LogP contribution in [0.2, 0.25) is 0 Å². The van der Waals surface area contributed by atoms with Crippen molar-refractivity contribution in [3.8, 4) is 0 Å². The summed E-state index contributed by atoms with van der Waals surface area (Å²) >= 11 is 0. The van der Waals surface area contributed by atoms with E-state index in [1.54, 1.807) is 0 Å². The van der Waals surface area contributed by atoms with Crippen molar-refractivity contribution < 1.29 is 23.1 Å². The molecule has 0 aromatic heterocycles. The van der Waals surface area contributed by atoms with Gasteiger partial charge in [-0.25, -0.2) is 4.79 Å². The van der Waals surface area contributed by atoms with E-state index in [0.717, 1.165) is 30.4 Å². The van der Waals surface area contributed by atoms with Gasteiger partial charge in [-0.15, -0.1) is 0 Å². The van der Waals surface area contributed by atoms with Gasteiger partial charge in [-0.3, -0.25) is 4.79 Å². The van der Waals surface area contributed by atoms with E-state index in [1.807, 2.05) is 31.2 Å². The highest BCUT2D eigenvalue weighted by atomic mass is 19.3. The fraction of sp³-hybridized carbons (Fsp3) is 0.619. The van der Waals surface area contributed by atoms with Crippen molar-refractivity contribution in [2.45, 2.75) is 57.3 Å². The van der Waals surface area contributed by atoms with Gasteiger partial charge in [0.05, 0.1) is 10.8 Å². The molecule has 0 aliphatic heterocycles. The summed E-state index contributed by atoms with van der Waals surface area (Å²) in [6.07, 6.45) is 4.04. The van der Waals surface area contributed by atoms with E-state index >= 15 is 0 Å². The van der Waals surface area contributed by atoms with Gasteiger partial charge in [-0.2, -0.15) is 8.78 Å². The molecule has 5 rings (SSSR count). The topological polar surface area (TPSA) is 43.4 Å². The first-order valence-electron chi connectivity index (χ1n) is 9.32. The molecule has 0 heterocycles. The maximum atomic E-state index is 13.6. The zero-order chi connectivity index (χ0) is 18.7. The Morgan fingerprint density at radius 1 is 1.15 bits per heavy atom. The van der Waals surface area contributed by atoms with Gasteiger partial charge < -0.3 is 4.74 Å². The molecule has 3 nitrogen and oxygen atoms in total. The van der Waals surface area contributed by atoms with E-state index in [1.165, 1.54) is 0 Å². The summed E-state index contributed by atoms with van der Waals surface area (Å²) in [6.45, 7) is 2.33. The highest BCUT2D eigenvalue weighted by Gasteiger charge is 2.64. The number of aryl methyl sites for hydroxylation is 1. The molecule has 4 saturated carbocycles. The van der Waals surface area contributed by atoms with Crippen LogP contribution in [0.15, 0.2) is 24.3 Å². The minimum atomic E-state index is -3.53. The smallest absolute Gasteiger partial charge is 0.376 e. The van der Waals surface area contributed by atoms with Crippen LogP contribution >= 0.6 is 0 Å². The SMILES string of the molecule is Cc1ccc(C23CC4CC(CC(COC(=O)C(C)(F)F)(C4)C2=O)C3)cc1. The quantitative estimate of drug-likeness (QED) is 0.754. The normalized spacial score (nSPS) is 35.6. The molecule has 26 heavy (non-hydrogen) atoms. The van der Waals surface area contributed by atoms with Gasteiger partial charge in [0.15, 0.2) is 5.78 Å². The summed E-state index contributed by atoms with van der Waals surface area (Å²) in [5.41, 5.74) is 0.827. The third kappa shape index (κ3) is 2.58. The third-order valence-electron chi connectivity index (χ3n) is 6.66. The summed E-state index contributed by atoms with van der Waals surface area (Å²) in [4.78, 5) is 25.2. The molecule has 4 aliphatic carbocycles. The molecule has 2 atom stereocenters. The second kappa shape index (κ2) is 5.61. The van der Waals surface area contributed by atoms with E-state index < -0.39 is 22.7 Å². The number of ether oxygens (including phenoxy) is 1. The van der Waals surface area contributed by atoms with Gasteiger partial charge in [0, 0.05) is 6.92 Å². The Labute approximate surface area is 152 Å². The number of esters is 1. The number of ketones is 1. The molecule has 4 bridgehead atoms. The predicted octanol–water partition coefficient (Wildman–Crippen LogP) is 4.21. The monoisotopic (exact) mass is 362 g/mol. The number of carbonyl (C=O) groups excluding carboxylic acids is 2. The van der Waals surface area contributed by atoms with Crippen molar-refractivity contribution in [2.75, 3.05) is 6.61 Å². The average molecular weight is 362 g/mol. The van der Waals surface area contributed by atoms with Gasteiger partial charge in [-0.1, -0.05) is 29.8 Å². The van der Waals surface area contributed by atoms with Crippen LogP contribution in [0.25, 0.3) is 0 Å². The molecule has 0 amide bonds. The van der Waals surface area contributed by atoms with Gasteiger partial charge >= 0.3 is 11.9 Å². The fourth-order valence-corrected chi connectivity index (χ4v) is 5.84. The largest absolute Gasteiger partial charge is 0.460 e. The van der Waals surface area contributed by atoms with Crippen LogP contribution in [0.1, 0.15) is 50.2 Å². The molecule has 2 unspecified atom stereocenters. The van der Waals surface area contributed by atoms with E-state index in [-0.39, 0.29) is 12.4 Å². The Balaban J connectivity index is 1.66. The van der Waals surface area contributed by atoms with Crippen LogP contribution in [0.4, 0.5) is 8.78 Å². The van der Waals surface area contributed by atoms with Crippen LogP contribution < -0.4 is 0 Å². The molecule has 4 fully saturated rings. The Morgan fingerprint density at radius 2 is 1.73 bits per heavy atom. The van der Waals surface area contributed by atoms with E-state index in [0.29, 0.717) is 31.6 Å². The van der Waals surface area contributed by atoms with Crippen molar-refractivity contribution >= 4 is 11.8 Å². The molecule has 1 aromatic carbocycles. The molecular weight excluding hydrogens is 338 g/mol. The lowest BCUT2D eigenvalue weighted by Crippen LogP contribution is -2.63. The van der Waals surface area contributed by atoms with E-state index in [9.17, 15) is 18.4 Å². The Bertz CT molecular complexity index is 734. The van der Waals surface area contributed by atoms with Crippen molar-refractivity contribution in [3.63, 3.8) is 0 Å². The molecule has 0 saturated heterocycles. The Morgan fingerprint density at radius 3 is 2.27 bits per heavy atom. The number of alkyl halides is 2. The van der Waals surface area contributed by atoms with Gasteiger partial charge in [0.25, 0.3) is 0 Å². The van der Waals surface area contributed by atoms with Crippen LogP contribution in [0.3, 0.4) is 0 Å². The van der Waals surface area contributed by atoms with Crippen molar-refractivity contribution in [1.82, 2.24) is 0 Å². The van der Waals surface area contributed by atoms with Crippen LogP contribution in [0, 0.1) is 24.2 Å². The standard InChI is InChI=1S/C21H24F2O3/c1-13-3-5-16(6-4-13)21-10-14-7-15(11-21)9-20(8-14,17(21)24)12-26-18(25)19(2,22)23/h3-6,14-15H,7-12H2,1-2H3. The molecular formula is C21H24F2O3. The minimum Gasteiger partial charge on any atom is -0.460 e. The lowest BCUT2D eigenvalue weighted by molar-refractivity contribution is -0.183. The molecule has 0 N–H and O–H groups in total. The maximum absolute atomic E-state index is 13.6. The summed E-state index contributed by atoms with van der Waals surface area (Å²) < 4.78 is 31.3. The van der Waals surface area contributed by atoms with E-state index in [2.05, 4.69) is 0 Å². The lowest BCUT2D eigenvalue weighted by atomic mass is 9.42.